The number of hydrogen-bond donors (Lipinski definition) is 1. The van der Waals surface area contributed by atoms with Crippen LogP contribution in [0.3, 0.4) is 0 Å². The van der Waals surface area contributed by atoms with Gasteiger partial charge in [-0.15, -0.1) is 0 Å². The molecule has 0 heterocycles. The standard InChI is InChI=1S/C17H28N2O/c1-14(13-18-17-7-5-4-6-8-17)19(11-12-20-3)15(2)16-9-10-16/h4-8,14-16,18H,9-13H2,1-3H3. The molecule has 112 valence electrons. The Morgan fingerprint density at radius 3 is 2.55 bits per heavy atom. The van der Waals surface area contributed by atoms with Crippen LogP contribution in [0.25, 0.3) is 0 Å². The lowest BCUT2D eigenvalue weighted by atomic mass is 10.1. The molecule has 1 N–H and O–H groups in total. The Labute approximate surface area is 123 Å². The van der Waals surface area contributed by atoms with Crippen LogP contribution in [-0.2, 0) is 4.74 Å². The molecule has 1 fully saturated rings. The van der Waals surface area contributed by atoms with E-state index in [1.165, 1.54) is 18.5 Å². The number of nitrogens with zero attached hydrogens (tertiary/aromatic N) is 1. The van der Waals surface area contributed by atoms with Crippen LogP contribution in [0.4, 0.5) is 5.69 Å². The van der Waals surface area contributed by atoms with Crippen molar-refractivity contribution in [3.05, 3.63) is 30.3 Å². The van der Waals surface area contributed by atoms with Gasteiger partial charge in [0.25, 0.3) is 0 Å². The van der Waals surface area contributed by atoms with E-state index in [1.807, 2.05) is 0 Å². The van der Waals surface area contributed by atoms with Crippen LogP contribution in [0, 0.1) is 5.92 Å². The average molecular weight is 276 g/mol. The minimum absolute atomic E-state index is 0.515. The summed E-state index contributed by atoms with van der Waals surface area (Å²) in [5.41, 5.74) is 1.20. The van der Waals surface area contributed by atoms with Gasteiger partial charge >= 0.3 is 0 Å². The molecule has 2 atom stereocenters. The van der Waals surface area contributed by atoms with Gasteiger partial charge in [-0.05, 0) is 44.7 Å². The Kier molecular flexibility index (Phi) is 5.86. The molecule has 0 bridgehead atoms. The molecule has 0 spiro atoms. The maximum atomic E-state index is 5.27. The highest BCUT2D eigenvalue weighted by Gasteiger charge is 2.33. The molecular weight excluding hydrogens is 248 g/mol. The Morgan fingerprint density at radius 2 is 1.95 bits per heavy atom. The Hall–Kier alpha value is -1.06. The van der Waals surface area contributed by atoms with E-state index in [2.05, 4.69) is 54.4 Å². The number of anilines is 1. The summed E-state index contributed by atoms with van der Waals surface area (Å²) in [7, 11) is 1.78. The van der Waals surface area contributed by atoms with Crippen molar-refractivity contribution in [3.8, 4) is 0 Å². The first kappa shape index (κ1) is 15.3. The summed E-state index contributed by atoms with van der Waals surface area (Å²) in [6.45, 7) is 7.49. The quantitative estimate of drug-likeness (QED) is 0.749. The van der Waals surface area contributed by atoms with Gasteiger partial charge in [0.05, 0.1) is 6.61 Å². The van der Waals surface area contributed by atoms with Crippen molar-refractivity contribution in [3.63, 3.8) is 0 Å². The van der Waals surface area contributed by atoms with E-state index in [4.69, 9.17) is 4.74 Å². The van der Waals surface area contributed by atoms with Crippen molar-refractivity contribution < 1.29 is 4.74 Å². The third kappa shape index (κ3) is 4.50. The molecule has 0 amide bonds. The fourth-order valence-electron chi connectivity index (χ4n) is 2.81. The molecule has 0 aromatic heterocycles. The first-order valence-corrected chi connectivity index (χ1v) is 7.76. The van der Waals surface area contributed by atoms with Crippen LogP contribution in [0.2, 0.25) is 0 Å². The third-order valence-electron chi connectivity index (χ3n) is 4.32. The topological polar surface area (TPSA) is 24.5 Å². The Bertz CT molecular complexity index is 378. The molecule has 20 heavy (non-hydrogen) atoms. The van der Waals surface area contributed by atoms with Crippen LogP contribution in [-0.4, -0.2) is 43.8 Å². The van der Waals surface area contributed by atoms with Gasteiger partial charge in [0, 0.05) is 38.0 Å². The van der Waals surface area contributed by atoms with E-state index in [1.54, 1.807) is 7.11 Å². The van der Waals surface area contributed by atoms with E-state index in [0.29, 0.717) is 12.1 Å². The fourth-order valence-corrected chi connectivity index (χ4v) is 2.81. The highest BCUT2D eigenvalue weighted by molar-refractivity contribution is 5.42. The van der Waals surface area contributed by atoms with Crippen LogP contribution in [0.15, 0.2) is 30.3 Å². The van der Waals surface area contributed by atoms with Crippen molar-refractivity contribution in [1.29, 1.82) is 0 Å². The summed E-state index contributed by atoms with van der Waals surface area (Å²) in [5.74, 6) is 0.894. The van der Waals surface area contributed by atoms with Gasteiger partial charge in [-0.1, -0.05) is 18.2 Å². The van der Waals surface area contributed by atoms with Crippen molar-refractivity contribution >= 4 is 5.69 Å². The number of nitrogens with one attached hydrogen (secondary N) is 1. The number of para-hydroxylation sites is 1. The highest BCUT2D eigenvalue weighted by atomic mass is 16.5. The van der Waals surface area contributed by atoms with Gasteiger partial charge in [0.1, 0.15) is 0 Å². The zero-order valence-corrected chi connectivity index (χ0v) is 13.0. The Morgan fingerprint density at radius 1 is 1.25 bits per heavy atom. The molecular formula is C17H28N2O. The second kappa shape index (κ2) is 7.65. The minimum Gasteiger partial charge on any atom is -0.383 e. The number of ether oxygens (including phenoxy) is 1. The summed E-state index contributed by atoms with van der Waals surface area (Å²) in [6.07, 6.45) is 2.78. The predicted molar refractivity (Wildman–Crippen MR) is 85.2 cm³/mol. The van der Waals surface area contributed by atoms with Gasteiger partial charge in [-0.3, -0.25) is 4.90 Å². The summed E-state index contributed by atoms with van der Waals surface area (Å²) < 4.78 is 5.27. The van der Waals surface area contributed by atoms with Crippen molar-refractivity contribution in [2.24, 2.45) is 5.92 Å². The molecule has 1 aromatic carbocycles. The molecule has 1 aliphatic carbocycles. The smallest absolute Gasteiger partial charge is 0.0589 e. The molecule has 0 radical (unpaired) electrons. The van der Waals surface area contributed by atoms with E-state index in [-0.39, 0.29) is 0 Å². The van der Waals surface area contributed by atoms with Crippen molar-refractivity contribution in [2.45, 2.75) is 38.8 Å². The first-order valence-electron chi connectivity index (χ1n) is 7.76. The molecule has 2 rings (SSSR count). The maximum absolute atomic E-state index is 5.27. The molecule has 3 heteroatoms. The van der Waals surface area contributed by atoms with Crippen LogP contribution >= 0.6 is 0 Å². The summed E-state index contributed by atoms with van der Waals surface area (Å²) >= 11 is 0. The summed E-state index contributed by atoms with van der Waals surface area (Å²) in [6, 6.07) is 11.6. The van der Waals surface area contributed by atoms with E-state index in [9.17, 15) is 0 Å². The minimum atomic E-state index is 0.515. The monoisotopic (exact) mass is 276 g/mol. The zero-order chi connectivity index (χ0) is 14.4. The van der Waals surface area contributed by atoms with E-state index < -0.39 is 0 Å². The van der Waals surface area contributed by atoms with Crippen molar-refractivity contribution in [1.82, 2.24) is 4.90 Å². The SMILES string of the molecule is COCCN(C(C)CNc1ccccc1)C(C)C1CC1. The first-order chi connectivity index (χ1) is 9.72. The molecule has 1 saturated carbocycles. The zero-order valence-electron chi connectivity index (χ0n) is 13.0. The van der Waals surface area contributed by atoms with Gasteiger partial charge in [-0.25, -0.2) is 0 Å². The predicted octanol–water partition coefficient (Wildman–Crippen LogP) is 3.23. The number of hydrogen-bond acceptors (Lipinski definition) is 3. The van der Waals surface area contributed by atoms with Crippen LogP contribution in [0.1, 0.15) is 26.7 Å². The number of rotatable bonds is 9. The molecule has 3 nitrogen and oxygen atoms in total. The van der Waals surface area contributed by atoms with E-state index in [0.717, 1.165) is 25.6 Å². The lowest BCUT2D eigenvalue weighted by Crippen LogP contribution is -2.46. The lowest BCUT2D eigenvalue weighted by Gasteiger charge is -2.35. The summed E-state index contributed by atoms with van der Waals surface area (Å²) in [4.78, 5) is 2.59. The summed E-state index contributed by atoms with van der Waals surface area (Å²) in [5, 5.41) is 3.53. The third-order valence-corrected chi connectivity index (χ3v) is 4.32. The number of methoxy groups -OCH3 is 1. The van der Waals surface area contributed by atoms with Gasteiger partial charge in [0.15, 0.2) is 0 Å². The van der Waals surface area contributed by atoms with E-state index >= 15 is 0 Å². The molecule has 2 unspecified atom stereocenters. The molecule has 0 aliphatic heterocycles. The second-order valence-electron chi connectivity index (χ2n) is 5.90. The van der Waals surface area contributed by atoms with Crippen LogP contribution < -0.4 is 5.32 Å². The second-order valence-corrected chi connectivity index (χ2v) is 5.90. The molecule has 0 saturated heterocycles. The van der Waals surface area contributed by atoms with Crippen molar-refractivity contribution in [2.75, 3.05) is 32.1 Å². The lowest BCUT2D eigenvalue weighted by molar-refractivity contribution is 0.0914. The van der Waals surface area contributed by atoms with Gasteiger partial charge in [0.2, 0.25) is 0 Å². The van der Waals surface area contributed by atoms with Gasteiger partial charge in [-0.2, -0.15) is 0 Å². The molecule has 1 aromatic rings. The fraction of sp³-hybridized carbons (Fsp3) is 0.647. The maximum Gasteiger partial charge on any atom is 0.0589 e. The van der Waals surface area contributed by atoms with Gasteiger partial charge < -0.3 is 10.1 Å². The Balaban J connectivity index is 1.86. The highest BCUT2D eigenvalue weighted by Crippen LogP contribution is 2.35. The number of benzene rings is 1. The normalized spacial score (nSPS) is 18.0. The van der Waals surface area contributed by atoms with Crippen LogP contribution in [0.5, 0.6) is 0 Å². The molecule has 1 aliphatic rings. The average Bonchev–Trinajstić information content (AvgIpc) is 3.31. The largest absolute Gasteiger partial charge is 0.383 e.